The summed E-state index contributed by atoms with van der Waals surface area (Å²) in [5.41, 5.74) is 1.34. The number of aromatic nitrogens is 1. The summed E-state index contributed by atoms with van der Waals surface area (Å²) in [5.74, 6) is 0.755. The van der Waals surface area contributed by atoms with Crippen LogP contribution in [0.2, 0.25) is 0 Å². The van der Waals surface area contributed by atoms with Gasteiger partial charge in [0.05, 0.1) is 11.7 Å². The van der Waals surface area contributed by atoms with Crippen LogP contribution in [0.15, 0.2) is 18.3 Å². The molecule has 1 saturated heterocycles. The molecule has 1 aliphatic carbocycles. The lowest BCUT2D eigenvalue weighted by atomic mass is 9.74. The van der Waals surface area contributed by atoms with Crippen LogP contribution in [-0.2, 0) is 11.3 Å². The van der Waals surface area contributed by atoms with Crippen LogP contribution in [0.4, 0.5) is 0 Å². The summed E-state index contributed by atoms with van der Waals surface area (Å²) in [6.45, 7) is 5.77. The van der Waals surface area contributed by atoms with Crippen LogP contribution in [0.25, 0.3) is 0 Å². The van der Waals surface area contributed by atoms with Crippen molar-refractivity contribution in [3.8, 4) is 5.88 Å². The quantitative estimate of drug-likeness (QED) is 0.905. The van der Waals surface area contributed by atoms with Crippen LogP contribution in [0.3, 0.4) is 0 Å². The highest BCUT2D eigenvalue weighted by molar-refractivity contribution is 5.25. The van der Waals surface area contributed by atoms with Crippen LogP contribution in [0.1, 0.15) is 51.5 Å². The van der Waals surface area contributed by atoms with E-state index in [1.807, 2.05) is 19.9 Å². The van der Waals surface area contributed by atoms with Crippen LogP contribution in [0, 0.1) is 0 Å². The lowest BCUT2D eigenvalue weighted by Gasteiger charge is -2.47. The van der Waals surface area contributed by atoms with Gasteiger partial charge in [-0.25, -0.2) is 4.98 Å². The second-order valence-electron chi connectivity index (χ2n) is 6.59. The van der Waals surface area contributed by atoms with Gasteiger partial charge in [-0.15, -0.1) is 0 Å². The maximum Gasteiger partial charge on any atom is 0.218 e. The Bertz CT molecular complexity index is 472. The van der Waals surface area contributed by atoms with Crippen LogP contribution in [-0.4, -0.2) is 29.3 Å². The minimum absolute atomic E-state index is 0.153. The van der Waals surface area contributed by atoms with Crippen molar-refractivity contribution in [3.05, 3.63) is 23.9 Å². The van der Waals surface area contributed by atoms with Crippen molar-refractivity contribution in [1.29, 1.82) is 0 Å². The van der Waals surface area contributed by atoms with Gasteiger partial charge in [0.1, 0.15) is 0 Å². The Hall–Kier alpha value is -1.13. The number of ether oxygens (including phenoxy) is 2. The highest BCUT2D eigenvalue weighted by Gasteiger charge is 2.42. The van der Waals surface area contributed by atoms with Crippen molar-refractivity contribution in [3.63, 3.8) is 0 Å². The first-order valence-electron chi connectivity index (χ1n) is 8.15. The van der Waals surface area contributed by atoms with Gasteiger partial charge >= 0.3 is 0 Å². The Kier molecular flexibility index (Phi) is 4.45. The number of hydrogen-bond donors (Lipinski definition) is 1. The number of pyridine rings is 1. The summed E-state index contributed by atoms with van der Waals surface area (Å²) < 4.78 is 11.8. The summed E-state index contributed by atoms with van der Waals surface area (Å²) in [7, 11) is 0. The van der Waals surface area contributed by atoms with Crippen molar-refractivity contribution in [1.82, 2.24) is 10.3 Å². The summed E-state index contributed by atoms with van der Waals surface area (Å²) in [6, 6.07) is 4.61. The molecule has 2 fully saturated rings. The molecule has 4 nitrogen and oxygen atoms in total. The zero-order valence-electron chi connectivity index (χ0n) is 13.1. The monoisotopic (exact) mass is 290 g/mol. The van der Waals surface area contributed by atoms with E-state index in [1.165, 1.54) is 19.3 Å². The third kappa shape index (κ3) is 3.55. The second kappa shape index (κ2) is 6.32. The summed E-state index contributed by atoms with van der Waals surface area (Å²) in [4.78, 5) is 4.35. The Morgan fingerprint density at radius 1 is 1.48 bits per heavy atom. The largest absolute Gasteiger partial charge is 0.475 e. The zero-order chi connectivity index (χ0) is 14.7. The molecule has 1 spiro atoms. The number of rotatable bonds is 5. The number of nitrogens with zero attached hydrogens (tertiary/aromatic N) is 1. The molecule has 0 amide bonds. The molecule has 1 N–H and O–H groups in total. The van der Waals surface area contributed by atoms with E-state index in [1.54, 1.807) is 6.20 Å². The predicted octanol–water partition coefficient (Wildman–Crippen LogP) is 3.06. The second-order valence-corrected chi connectivity index (χ2v) is 6.59. The third-order valence-electron chi connectivity index (χ3n) is 4.54. The minimum atomic E-state index is 0.153. The molecule has 0 aromatic carbocycles. The van der Waals surface area contributed by atoms with Crippen molar-refractivity contribution < 1.29 is 9.47 Å². The lowest BCUT2D eigenvalue weighted by Crippen LogP contribution is -2.50. The molecule has 0 radical (unpaired) electrons. The minimum Gasteiger partial charge on any atom is -0.475 e. The molecular weight excluding hydrogens is 264 g/mol. The molecule has 21 heavy (non-hydrogen) atoms. The van der Waals surface area contributed by atoms with Gasteiger partial charge in [0, 0.05) is 31.0 Å². The molecule has 1 unspecified atom stereocenters. The smallest absolute Gasteiger partial charge is 0.218 e. The third-order valence-corrected chi connectivity index (χ3v) is 4.54. The summed E-state index contributed by atoms with van der Waals surface area (Å²) in [6.07, 6.45) is 7.98. The number of hydrogen-bond acceptors (Lipinski definition) is 4. The number of nitrogens with one attached hydrogen (secondary N) is 1. The van der Waals surface area contributed by atoms with E-state index in [9.17, 15) is 0 Å². The van der Waals surface area contributed by atoms with Gasteiger partial charge in [-0.3, -0.25) is 0 Å². The van der Waals surface area contributed by atoms with Crippen molar-refractivity contribution in [2.45, 2.75) is 70.2 Å². The zero-order valence-corrected chi connectivity index (χ0v) is 13.1. The van der Waals surface area contributed by atoms with Gasteiger partial charge in [-0.05, 0) is 52.0 Å². The van der Waals surface area contributed by atoms with Gasteiger partial charge in [-0.2, -0.15) is 0 Å². The van der Waals surface area contributed by atoms with E-state index in [0.29, 0.717) is 6.04 Å². The molecule has 4 heteroatoms. The molecule has 2 heterocycles. The standard InChI is InChI=1S/C17H26N2O2/c1-13(2)21-16-14(5-3-9-18-16)12-19-15-6-10-20-17(11-15)7-4-8-17/h3,5,9,13,15,19H,4,6-8,10-12H2,1-2H3. The van der Waals surface area contributed by atoms with E-state index in [4.69, 9.17) is 9.47 Å². The van der Waals surface area contributed by atoms with E-state index < -0.39 is 0 Å². The Morgan fingerprint density at radius 2 is 2.33 bits per heavy atom. The fourth-order valence-corrected chi connectivity index (χ4v) is 3.26. The van der Waals surface area contributed by atoms with Crippen molar-refractivity contribution in [2.75, 3.05) is 6.61 Å². The molecule has 3 rings (SSSR count). The summed E-state index contributed by atoms with van der Waals surface area (Å²) in [5, 5.41) is 3.67. The predicted molar refractivity (Wildman–Crippen MR) is 82.4 cm³/mol. The molecular formula is C17H26N2O2. The van der Waals surface area contributed by atoms with Gasteiger partial charge in [0.25, 0.3) is 0 Å². The fraction of sp³-hybridized carbons (Fsp3) is 0.706. The Morgan fingerprint density at radius 3 is 3.05 bits per heavy atom. The SMILES string of the molecule is CC(C)Oc1ncccc1CNC1CCOC2(CCC2)C1. The normalized spacial score (nSPS) is 24.0. The van der Waals surface area contributed by atoms with Gasteiger partial charge < -0.3 is 14.8 Å². The molecule has 2 aliphatic rings. The maximum absolute atomic E-state index is 5.98. The first-order chi connectivity index (χ1) is 10.2. The highest BCUT2D eigenvalue weighted by atomic mass is 16.5. The molecule has 1 aromatic rings. The van der Waals surface area contributed by atoms with Crippen molar-refractivity contribution >= 4 is 0 Å². The van der Waals surface area contributed by atoms with Crippen molar-refractivity contribution in [2.24, 2.45) is 0 Å². The van der Waals surface area contributed by atoms with Crippen LogP contribution >= 0.6 is 0 Å². The first-order valence-corrected chi connectivity index (χ1v) is 8.15. The average molecular weight is 290 g/mol. The van der Waals surface area contributed by atoms with E-state index in [0.717, 1.165) is 37.4 Å². The average Bonchev–Trinajstić information content (AvgIpc) is 2.44. The molecule has 1 atom stereocenters. The highest BCUT2D eigenvalue weighted by Crippen LogP contribution is 2.42. The van der Waals surface area contributed by atoms with Gasteiger partial charge in [0.2, 0.25) is 5.88 Å². The molecule has 1 aromatic heterocycles. The molecule has 1 saturated carbocycles. The fourth-order valence-electron chi connectivity index (χ4n) is 3.26. The van der Waals surface area contributed by atoms with Gasteiger partial charge in [0.15, 0.2) is 0 Å². The van der Waals surface area contributed by atoms with Crippen LogP contribution in [0.5, 0.6) is 5.88 Å². The Balaban J connectivity index is 1.57. The van der Waals surface area contributed by atoms with Crippen LogP contribution < -0.4 is 10.1 Å². The van der Waals surface area contributed by atoms with E-state index in [2.05, 4.69) is 16.4 Å². The molecule has 116 valence electrons. The lowest BCUT2D eigenvalue weighted by molar-refractivity contribution is -0.135. The molecule has 0 bridgehead atoms. The molecule has 1 aliphatic heterocycles. The topological polar surface area (TPSA) is 43.4 Å². The first kappa shape index (κ1) is 14.8. The van der Waals surface area contributed by atoms with E-state index >= 15 is 0 Å². The maximum atomic E-state index is 5.98. The Labute approximate surface area is 127 Å². The van der Waals surface area contributed by atoms with Gasteiger partial charge in [-0.1, -0.05) is 6.07 Å². The van der Waals surface area contributed by atoms with E-state index in [-0.39, 0.29) is 11.7 Å². The summed E-state index contributed by atoms with van der Waals surface area (Å²) >= 11 is 0.